The number of Topliss-reactive ketones (excluding diaryl/α,β-unsaturated/α-hetero) is 2. The second kappa shape index (κ2) is 10.5. The van der Waals surface area contributed by atoms with E-state index in [4.69, 9.17) is 16.6 Å². The van der Waals surface area contributed by atoms with E-state index in [2.05, 4.69) is 0 Å². The van der Waals surface area contributed by atoms with Gasteiger partial charge in [0.15, 0.2) is 0 Å². The molecular weight excluding hydrogens is 260 g/mol. The first-order valence-electron chi connectivity index (χ1n) is 7.11. The molecule has 5 N–H and O–H groups in total. The van der Waals surface area contributed by atoms with E-state index in [0.717, 1.165) is 19.3 Å². The van der Waals surface area contributed by atoms with Gasteiger partial charge in [0.05, 0.1) is 6.04 Å². The number of rotatable bonds is 12. The van der Waals surface area contributed by atoms with Crippen LogP contribution in [0.2, 0.25) is 0 Å². The molecule has 116 valence electrons. The van der Waals surface area contributed by atoms with Crippen molar-refractivity contribution in [2.75, 3.05) is 6.54 Å². The Balaban J connectivity index is 3.98. The van der Waals surface area contributed by atoms with Crippen LogP contribution in [0.5, 0.6) is 0 Å². The van der Waals surface area contributed by atoms with E-state index in [-0.39, 0.29) is 36.7 Å². The summed E-state index contributed by atoms with van der Waals surface area (Å²) < 4.78 is 0. The summed E-state index contributed by atoms with van der Waals surface area (Å²) >= 11 is 0. The zero-order valence-corrected chi connectivity index (χ0v) is 12.1. The maximum Gasteiger partial charge on any atom is 0.303 e. The Morgan fingerprint density at radius 3 is 2.25 bits per heavy atom. The first-order valence-corrected chi connectivity index (χ1v) is 7.11. The van der Waals surface area contributed by atoms with E-state index >= 15 is 0 Å². The largest absolute Gasteiger partial charge is 0.481 e. The minimum Gasteiger partial charge on any atom is -0.481 e. The maximum absolute atomic E-state index is 11.8. The molecule has 0 saturated carbocycles. The Bertz CT molecular complexity index is 331. The van der Waals surface area contributed by atoms with Crippen molar-refractivity contribution < 1.29 is 19.5 Å². The predicted octanol–water partition coefficient (Wildman–Crippen LogP) is 0.862. The second-order valence-electron chi connectivity index (χ2n) is 5.18. The van der Waals surface area contributed by atoms with E-state index < -0.39 is 12.0 Å². The number of hydrogen-bond donors (Lipinski definition) is 3. The lowest BCUT2D eigenvalue weighted by atomic mass is 9.92. The number of carboxylic acids is 1. The lowest BCUT2D eigenvalue weighted by Crippen LogP contribution is -2.33. The molecule has 0 radical (unpaired) electrons. The van der Waals surface area contributed by atoms with Gasteiger partial charge in [-0.25, -0.2) is 0 Å². The number of carboxylic acid groups (broad SMARTS) is 1. The molecule has 0 aliphatic carbocycles. The normalized spacial score (nSPS) is 13.8. The molecule has 0 rings (SSSR count). The van der Waals surface area contributed by atoms with E-state index in [1.165, 1.54) is 0 Å². The van der Waals surface area contributed by atoms with Gasteiger partial charge in [0, 0.05) is 25.2 Å². The molecule has 0 aromatic rings. The molecule has 2 unspecified atom stereocenters. The smallest absolute Gasteiger partial charge is 0.303 e. The fraction of sp³-hybridized carbons (Fsp3) is 0.786. The molecule has 0 fully saturated rings. The van der Waals surface area contributed by atoms with Gasteiger partial charge in [-0.3, -0.25) is 14.4 Å². The molecule has 0 spiro atoms. The fourth-order valence-corrected chi connectivity index (χ4v) is 1.87. The van der Waals surface area contributed by atoms with Crippen LogP contribution in [-0.4, -0.2) is 35.2 Å². The molecule has 0 bridgehead atoms. The summed E-state index contributed by atoms with van der Waals surface area (Å²) in [6.07, 6.45) is 3.15. The number of unbranched alkanes of at least 4 members (excludes halogenated alkanes) is 2. The minimum absolute atomic E-state index is 0.0563. The molecule has 20 heavy (non-hydrogen) atoms. The SMILES string of the molecule is CC(CC(=O)C(N)CCC(=O)O)C(=O)CCCCCN. The van der Waals surface area contributed by atoms with Crippen molar-refractivity contribution in [1.29, 1.82) is 0 Å². The first kappa shape index (κ1) is 18.7. The second-order valence-corrected chi connectivity index (χ2v) is 5.18. The standard InChI is InChI=1S/C14H26N2O4/c1-10(12(17)5-3-2-4-8-15)9-13(18)11(16)6-7-14(19)20/h10-11H,2-9,15-16H2,1H3,(H,19,20). The van der Waals surface area contributed by atoms with Gasteiger partial charge in [0.1, 0.15) is 11.6 Å². The van der Waals surface area contributed by atoms with Crippen molar-refractivity contribution in [3.63, 3.8) is 0 Å². The molecule has 0 aromatic heterocycles. The number of nitrogens with two attached hydrogens (primary N) is 2. The summed E-state index contributed by atoms with van der Waals surface area (Å²) in [5.41, 5.74) is 11.0. The number of ketones is 2. The van der Waals surface area contributed by atoms with Crippen molar-refractivity contribution in [3.05, 3.63) is 0 Å². The zero-order chi connectivity index (χ0) is 15.5. The Kier molecular flexibility index (Phi) is 9.84. The lowest BCUT2D eigenvalue weighted by Gasteiger charge is -2.13. The highest BCUT2D eigenvalue weighted by atomic mass is 16.4. The quantitative estimate of drug-likeness (QED) is 0.457. The van der Waals surface area contributed by atoms with Crippen molar-refractivity contribution >= 4 is 17.5 Å². The van der Waals surface area contributed by atoms with Crippen LogP contribution in [0.1, 0.15) is 51.9 Å². The average Bonchev–Trinajstić information content (AvgIpc) is 2.40. The maximum atomic E-state index is 11.8. The topological polar surface area (TPSA) is 123 Å². The molecular formula is C14H26N2O4. The summed E-state index contributed by atoms with van der Waals surface area (Å²) in [5.74, 6) is -1.51. The lowest BCUT2D eigenvalue weighted by molar-refractivity contribution is -0.137. The molecule has 0 heterocycles. The Hall–Kier alpha value is -1.27. The van der Waals surface area contributed by atoms with E-state index in [0.29, 0.717) is 13.0 Å². The number of carbonyl (C=O) groups excluding carboxylic acids is 2. The van der Waals surface area contributed by atoms with Crippen LogP contribution in [0, 0.1) is 5.92 Å². The van der Waals surface area contributed by atoms with Crippen LogP contribution in [0.25, 0.3) is 0 Å². The van der Waals surface area contributed by atoms with Crippen LogP contribution in [0.3, 0.4) is 0 Å². The molecule has 0 aromatic carbocycles. The zero-order valence-electron chi connectivity index (χ0n) is 12.1. The predicted molar refractivity (Wildman–Crippen MR) is 76.2 cm³/mol. The van der Waals surface area contributed by atoms with Crippen LogP contribution in [0.4, 0.5) is 0 Å². The highest BCUT2D eigenvalue weighted by Gasteiger charge is 2.21. The summed E-state index contributed by atoms with van der Waals surface area (Å²) in [7, 11) is 0. The van der Waals surface area contributed by atoms with E-state index in [9.17, 15) is 14.4 Å². The van der Waals surface area contributed by atoms with E-state index in [1.807, 2.05) is 0 Å². The molecule has 6 heteroatoms. The van der Waals surface area contributed by atoms with Crippen molar-refractivity contribution in [2.24, 2.45) is 17.4 Å². The van der Waals surface area contributed by atoms with Gasteiger partial charge in [-0.2, -0.15) is 0 Å². The summed E-state index contributed by atoms with van der Waals surface area (Å²) in [5, 5.41) is 8.53. The van der Waals surface area contributed by atoms with Crippen molar-refractivity contribution in [3.8, 4) is 0 Å². The highest BCUT2D eigenvalue weighted by Crippen LogP contribution is 2.12. The van der Waals surface area contributed by atoms with Crippen LogP contribution < -0.4 is 11.5 Å². The van der Waals surface area contributed by atoms with Gasteiger partial charge in [-0.1, -0.05) is 13.3 Å². The third-order valence-corrected chi connectivity index (χ3v) is 3.27. The summed E-state index contributed by atoms with van der Waals surface area (Å²) in [4.78, 5) is 34.0. The van der Waals surface area contributed by atoms with Gasteiger partial charge in [-0.15, -0.1) is 0 Å². The monoisotopic (exact) mass is 286 g/mol. The third-order valence-electron chi connectivity index (χ3n) is 3.27. The van der Waals surface area contributed by atoms with Crippen LogP contribution in [-0.2, 0) is 14.4 Å². The number of hydrogen-bond acceptors (Lipinski definition) is 5. The van der Waals surface area contributed by atoms with Crippen molar-refractivity contribution in [1.82, 2.24) is 0 Å². The molecule has 0 aliphatic heterocycles. The summed E-state index contributed by atoms with van der Waals surface area (Å²) in [6, 6.07) is -0.793. The van der Waals surface area contributed by atoms with Gasteiger partial charge < -0.3 is 16.6 Å². The minimum atomic E-state index is -0.975. The Morgan fingerprint density at radius 1 is 1.05 bits per heavy atom. The molecule has 0 amide bonds. The average molecular weight is 286 g/mol. The Morgan fingerprint density at radius 2 is 1.70 bits per heavy atom. The molecule has 0 aliphatic rings. The third kappa shape index (κ3) is 8.77. The fourth-order valence-electron chi connectivity index (χ4n) is 1.87. The first-order chi connectivity index (χ1) is 9.38. The van der Waals surface area contributed by atoms with Crippen molar-refractivity contribution in [2.45, 2.75) is 57.9 Å². The van der Waals surface area contributed by atoms with E-state index in [1.54, 1.807) is 6.92 Å². The molecule has 2 atom stereocenters. The molecule has 6 nitrogen and oxygen atoms in total. The van der Waals surface area contributed by atoms with Gasteiger partial charge in [-0.05, 0) is 25.8 Å². The molecule has 0 saturated heterocycles. The van der Waals surface area contributed by atoms with Crippen LogP contribution in [0.15, 0.2) is 0 Å². The van der Waals surface area contributed by atoms with Gasteiger partial charge in [0.2, 0.25) is 0 Å². The van der Waals surface area contributed by atoms with Gasteiger partial charge in [0.25, 0.3) is 0 Å². The Labute approximate surface area is 119 Å². The van der Waals surface area contributed by atoms with Crippen LogP contribution >= 0.6 is 0 Å². The van der Waals surface area contributed by atoms with Gasteiger partial charge >= 0.3 is 5.97 Å². The number of aliphatic carboxylic acids is 1. The summed E-state index contributed by atoms with van der Waals surface area (Å²) in [6.45, 7) is 2.34. The highest BCUT2D eigenvalue weighted by molar-refractivity contribution is 5.90. The number of carbonyl (C=O) groups is 3.